The first kappa shape index (κ1) is 33.3. The van der Waals surface area contributed by atoms with E-state index >= 15 is 0 Å². The number of nitrogens with one attached hydrogen (secondary N) is 3. The van der Waals surface area contributed by atoms with Gasteiger partial charge in [-0.15, -0.1) is 0 Å². The average Bonchev–Trinajstić information content (AvgIpc) is 3.35. The molecule has 3 aromatic rings. The Balaban J connectivity index is 1.16. The molecule has 2 aromatic carbocycles. The van der Waals surface area contributed by atoms with Gasteiger partial charge in [0.25, 0.3) is 5.91 Å². The number of benzene rings is 2. The Morgan fingerprint density at radius 1 is 1.07 bits per heavy atom. The van der Waals surface area contributed by atoms with E-state index < -0.39 is 21.3 Å². The fourth-order valence-corrected chi connectivity index (χ4v) is 8.81. The quantitative estimate of drug-likeness (QED) is 0.184. The Bertz CT molecular complexity index is 1630. The minimum atomic E-state index is -3.92. The second-order valence-electron chi connectivity index (χ2n) is 13.5. The maximum atomic E-state index is 13.3. The highest BCUT2D eigenvalue weighted by Gasteiger charge is 2.46. The third-order valence-electron chi connectivity index (χ3n) is 9.80. The molecule has 3 N–H and O–H groups in total. The third kappa shape index (κ3) is 7.86. The summed E-state index contributed by atoms with van der Waals surface area (Å²) < 4.78 is 34.2. The molecule has 45 heavy (non-hydrogen) atoms. The van der Waals surface area contributed by atoms with Crippen LogP contribution < -0.4 is 14.8 Å². The summed E-state index contributed by atoms with van der Waals surface area (Å²) >= 11 is 6.28. The van der Waals surface area contributed by atoms with E-state index in [-0.39, 0.29) is 18.2 Å². The van der Waals surface area contributed by atoms with E-state index in [2.05, 4.69) is 21.9 Å². The van der Waals surface area contributed by atoms with Crippen LogP contribution in [0.5, 0.6) is 5.75 Å². The van der Waals surface area contributed by atoms with Crippen LogP contribution in [0, 0.1) is 37.0 Å². The van der Waals surface area contributed by atoms with Crippen molar-refractivity contribution in [1.29, 1.82) is 0 Å². The SMILES string of the molecule is CCC1CC2CC(C1)CC(C)(C(=O)NS(=O)(=O)CCNC(=O)c1[nH]c3ccccc3c1CCCOc1cc(C)c(Cl)c(C)c1)C2. The Kier molecular flexibility index (Phi) is 10.2. The van der Waals surface area contributed by atoms with Crippen LogP contribution in [0.15, 0.2) is 36.4 Å². The van der Waals surface area contributed by atoms with Gasteiger partial charge in [0.2, 0.25) is 15.9 Å². The van der Waals surface area contributed by atoms with Crippen molar-refractivity contribution in [2.45, 2.75) is 79.1 Å². The lowest BCUT2D eigenvalue weighted by Gasteiger charge is -2.46. The van der Waals surface area contributed by atoms with Crippen molar-refractivity contribution in [1.82, 2.24) is 15.0 Å². The topological polar surface area (TPSA) is 117 Å². The van der Waals surface area contributed by atoms with Crippen LogP contribution in [0.1, 0.15) is 86.0 Å². The molecule has 1 heterocycles. The number of halogens is 1. The first-order chi connectivity index (χ1) is 21.4. The molecule has 0 radical (unpaired) electrons. The molecule has 2 aliphatic rings. The zero-order valence-electron chi connectivity index (χ0n) is 26.8. The molecule has 5 rings (SSSR count). The lowest BCUT2D eigenvalue weighted by atomic mass is 9.59. The van der Waals surface area contributed by atoms with E-state index in [1.165, 1.54) is 0 Å². The molecule has 2 fully saturated rings. The van der Waals surface area contributed by atoms with Gasteiger partial charge < -0.3 is 15.0 Å². The van der Waals surface area contributed by atoms with Gasteiger partial charge >= 0.3 is 0 Å². The van der Waals surface area contributed by atoms with Gasteiger partial charge in [-0.2, -0.15) is 0 Å². The van der Waals surface area contributed by atoms with Crippen LogP contribution in [-0.4, -0.2) is 44.1 Å². The van der Waals surface area contributed by atoms with Gasteiger partial charge in [-0.1, -0.05) is 50.1 Å². The maximum absolute atomic E-state index is 13.3. The zero-order chi connectivity index (χ0) is 32.4. The first-order valence-electron chi connectivity index (χ1n) is 16.2. The summed E-state index contributed by atoms with van der Waals surface area (Å²) in [6.07, 6.45) is 7.26. The first-order valence-corrected chi connectivity index (χ1v) is 18.2. The second-order valence-corrected chi connectivity index (χ2v) is 15.8. The van der Waals surface area contributed by atoms with Gasteiger partial charge in [-0.05, 0) is 111 Å². The fraction of sp³-hybridized carbons (Fsp3) is 0.543. The number of carbonyl (C=O) groups is 2. The number of ether oxygens (including phenoxy) is 1. The molecule has 0 saturated heterocycles. The minimum Gasteiger partial charge on any atom is -0.494 e. The summed E-state index contributed by atoms with van der Waals surface area (Å²) in [7, 11) is -3.92. The van der Waals surface area contributed by atoms with Gasteiger partial charge in [0.1, 0.15) is 11.4 Å². The van der Waals surface area contributed by atoms with Crippen molar-refractivity contribution in [2.24, 2.45) is 23.2 Å². The van der Waals surface area contributed by atoms with E-state index in [1.807, 2.05) is 57.2 Å². The van der Waals surface area contributed by atoms with E-state index in [1.54, 1.807) is 0 Å². The molecule has 0 aliphatic heterocycles. The number of aromatic nitrogens is 1. The molecule has 2 atom stereocenters. The van der Waals surface area contributed by atoms with Gasteiger partial charge in [0, 0.05) is 27.9 Å². The van der Waals surface area contributed by atoms with E-state index in [9.17, 15) is 18.0 Å². The van der Waals surface area contributed by atoms with Crippen molar-refractivity contribution >= 4 is 44.3 Å². The van der Waals surface area contributed by atoms with Crippen LogP contribution in [-0.2, 0) is 21.2 Å². The number of sulfonamides is 1. The monoisotopic (exact) mass is 655 g/mol. The number of carbonyl (C=O) groups excluding carboxylic acids is 2. The molecule has 244 valence electrons. The summed E-state index contributed by atoms with van der Waals surface area (Å²) in [6, 6.07) is 11.5. The number of fused-ring (bicyclic) bond motifs is 3. The fourth-order valence-electron chi connectivity index (χ4n) is 7.70. The molecule has 0 spiro atoms. The molecule has 2 bridgehead atoms. The van der Waals surface area contributed by atoms with Gasteiger partial charge in [-0.3, -0.25) is 14.3 Å². The number of H-pyrrole nitrogens is 1. The largest absolute Gasteiger partial charge is 0.494 e. The van der Waals surface area contributed by atoms with E-state index in [0.717, 1.165) is 76.9 Å². The predicted octanol–water partition coefficient (Wildman–Crippen LogP) is 6.87. The molecule has 8 nitrogen and oxygen atoms in total. The molecular formula is C35H46ClN3O5S. The van der Waals surface area contributed by atoms with Gasteiger partial charge in [0.05, 0.1) is 12.4 Å². The number of hydrogen-bond donors (Lipinski definition) is 3. The van der Waals surface area contributed by atoms with Crippen molar-refractivity contribution in [3.05, 3.63) is 63.8 Å². The summed E-state index contributed by atoms with van der Waals surface area (Å²) in [5.74, 6) is 1.24. The number of aryl methyl sites for hydroxylation is 3. The highest BCUT2D eigenvalue weighted by Crippen LogP contribution is 2.51. The summed E-state index contributed by atoms with van der Waals surface area (Å²) in [6.45, 7) is 8.36. The molecule has 2 amide bonds. The highest BCUT2D eigenvalue weighted by atomic mass is 35.5. The lowest BCUT2D eigenvalue weighted by molar-refractivity contribution is -0.133. The van der Waals surface area contributed by atoms with Crippen molar-refractivity contribution in [3.63, 3.8) is 0 Å². The van der Waals surface area contributed by atoms with E-state index in [0.29, 0.717) is 42.9 Å². The normalized spacial score (nSPS) is 23.1. The van der Waals surface area contributed by atoms with Crippen molar-refractivity contribution in [2.75, 3.05) is 18.9 Å². The minimum absolute atomic E-state index is 0.116. The van der Waals surface area contributed by atoms with Crippen LogP contribution in [0.2, 0.25) is 5.02 Å². The summed E-state index contributed by atoms with van der Waals surface area (Å²) in [5, 5.41) is 4.43. The number of para-hydroxylation sites is 1. The van der Waals surface area contributed by atoms with Gasteiger partial charge in [0.15, 0.2) is 0 Å². The lowest BCUT2D eigenvalue weighted by Crippen LogP contribution is -2.49. The number of rotatable bonds is 12. The molecule has 1 aromatic heterocycles. The third-order valence-corrected chi connectivity index (χ3v) is 11.6. The highest BCUT2D eigenvalue weighted by molar-refractivity contribution is 7.90. The summed E-state index contributed by atoms with van der Waals surface area (Å²) in [4.78, 5) is 29.8. The Hall–Kier alpha value is -3.04. The van der Waals surface area contributed by atoms with Crippen molar-refractivity contribution in [3.8, 4) is 5.75 Å². The van der Waals surface area contributed by atoms with E-state index in [4.69, 9.17) is 16.3 Å². The summed E-state index contributed by atoms with van der Waals surface area (Å²) in [5.41, 5.74) is 3.32. The second kappa shape index (κ2) is 13.8. The van der Waals surface area contributed by atoms with Crippen LogP contribution in [0.4, 0.5) is 0 Å². The van der Waals surface area contributed by atoms with Crippen molar-refractivity contribution < 1.29 is 22.7 Å². The molecular weight excluding hydrogens is 610 g/mol. The van der Waals surface area contributed by atoms with Crippen LogP contribution in [0.3, 0.4) is 0 Å². The standard InChI is InChI=1S/C35H46ClN3O5S/c1-5-24-17-25-19-26(18-24)21-35(4,20-25)34(41)39-45(42,43)14-12-37-33(40)32-29(28-9-6-7-11-30(28)38-32)10-8-13-44-27-15-22(2)31(36)23(3)16-27/h6-7,9,11,15-16,24-26,38H,5,8,10,12-14,17-21H2,1-4H3,(H,37,40)(H,39,41). The predicted molar refractivity (Wildman–Crippen MR) is 179 cm³/mol. The average molecular weight is 656 g/mol. The molecule has 10 heteroatoms. The Morgan fingerprint density at radius 3 is 2.40 bits per heavy atom. The maximum Gasteiger partial charge on any atom is 0.268 e. The Morgan fingerprint density at radius 2 is 1.73 bits per heavy atom. The number of amides is 2. The number of aromatic amines is 1. The Labute approximate surface area is 272 Å². The number of hydrogen-bond acceptors (Lipinski definition) is 5. The molecule has 2 aliphatic carbocycles. The zero-order valence-corrected chi connectivity index (χ0v) is 28.4. The smallest absolute Gasteiger partial charge is 0.268 e. The molecule has 2 saturated carbocycles. The van der Waals surface area contributed by atoms with Crippen LogP contribution >= 0.6 is 11.6 Å². The van der Waals surface area contributed by atoms with Gasteiger partial charge in [-0.25, -0.2) is 8.42 Å². The molecule has 2 unspecified atom stereocenters. The van der Waals surface area contributed by atoms with Crippen LogP contribution in [0.25, 0.3) is 10.9 Å².